The van der Waals surface area contributed by atoms with Crippen molar-refractivity contribution in [2.24, 2.45) is 0 Å². The second-order valence-electron chi connectivity index (χ2n) is 5.66. The highest BCUT2D eigenvalue weighted by atomic mass is 32.2. The monoisotopic (exact) mass is 353 g/mol. The van der Waals surface area contributed by atoms with Gasteiger partial charge in [-0.2, -0.15) is 11.8 Å². The Morgan fingerprint density at radius 2 is 2.25 bits per heavy atom. The number of benzene rings is 1. The van der Waals surface area contributed by atoms with Gasteiger partial charge >= 0.3 is 5.97 Å². The lowest BCUT2D eigenvalue weighted by molar-refractivity contribution is -0.147. The molecule has 0 radical (unpaired) electrons. The molecule has 0 spiro atoms. The van der Waals surface area contributed by atoms with Gasteiger partial charge in [0.15, 0.2) is 0 Å². The van der Waals surface area contributed by atoms with E-state index >= 15 is 0 Å². The molecule has 1 aromatic rings. The molecule has 2 atom stereocenters. The third-order valence-corrected chi connectivity index (χ3v) is 4.99. The van der Waals surface area contributed by atoms with E-state index in [4.69, 9.17) is 14.6 Å². The van der Waals surface area contributed by atoms with Crippen molar-refractivity contribution in [3.05, 3.63) is 29.8 Å². The Labute approximate surface area is 146 Å². The minimum Gasteiger partial charge on any atom is -0.497 e. The van der Waals surface area contributed by atoms with Crippen LogP contribution in [0, 0.1) is 0 Å². The molecule has 1 aliphatic heterocycles. The van der Waals surface area contributed by atoms with Crippen LogP contribution < -0.4 is 4.74 Å². The SMILES string of the molecule is COc1cccc(COC(C)C(=O)N2CCSCC2CC(=O)O)c1. The quantitative estimate of drug-likeness (QED) is 0.808. The molecule has 1 heterocycles. The average molecular weight is 353 g/mol. The molecule has 132 valence electrons. The van der Waals surface area contributed by atoms with E-state index in [0.29, 0.717) is 18.9 Å². The van der Waals surface area contributed by atoms with Gasteiger partial charge in [0, 0.05) is 18.1 Å². The molecular weight excluding hydrogens is 330 g/mol. The Morgan fingerprint density at radius 3 is 2.96 bits per heavy atom. The van der Waals surface area contributed by atoms with Crippen LogP contribution in [-0.2, 0) is 20.9 Å². The molecule has 0 aliphatic carbocycles. The maximum Gasteiger partial charge on any atom is 0.305 e. The Hall–Kier alpha value is -1.73. The van der Waals surface area contributed by atoms with Gasteiger partial charge in [-0.25, -0.2) is 0 Å². The minimum atomic E-state index is -0.884. The zero-order chi connectivity index (χ0) is 17.5. The number of hydrogen-bond donors (Lipinski definition) is 1. The number of methoxy groups -OCH3 is 1. The molecule has 0 saturated carbocycles. The van der Waals surface area contributed by atoms with E-state index in [-0.39, 0.29) is 18.4 Å². The lowest BCUT2D eigenvalue weighted by atomic mass is 10.1. The molecule has 0 bridgehead atoms. The van der Waals surface area contributed by atoms with Gasteiger partial charge in [-0.3, -0.25) is 9.59 Å². The van der Waals surface area contributed by atoms with Crippen molar-refractivity contribution in [2.45, 2.75) is 32.1 Å². The fourth-order valence-corrected chi connectivity index (χ4v) is 3.67. The van der Waals surface area contributed by atoms with Crippen LogP contribution in [0.15, 0.2) is 24.3 Å². The summed E-state index contributed by atoms with van der Waals surface area (Å²) in [6.07, 6.45) is -0.642. The zero-order valence-corrected chi connectivity index (χ0v) is 14.8. The number of carbonyl (C=O) groups excluding carboxylic acids is 1. The summed E-state index contributed by atoms with van der Waals surface area (Å²) in [5.74, 6) is 1.19. The van der Waals surface area contributed by atoms with Crippen molar-refractivity contribution < 1.29 is 24.2 Å². The smallest absolute Gasteiger partial charge is 0.305 e. The summed E-state index contributed by atoms with van der Waals surface area (Å²) in [5.41, 5.74) is 0.922. The van der Waals surface area contributed by atoms with E-state index in [1.54, 1.807) is 30.7 Å². The number of amides is 1. The van der Waals surface area contributed by atoms with Crippen LogP contribution in [0.25, 0.3) is 0 Å². The number of hydrogen-bond acceptors (Lipinski definition) is 5. The van der Waals surface area contributed by atoms with Crippen LogP contribution in [0.4, 0.5) is 0 Å². The van der Waals surface area contributed by atoms with Gasteiger partial charge < -0.3 is 19.5 Å². The lowest BCUT2D eigenvalue weighted by Gasteiger charge is -2.36. The van der Waals surface area contributed by atoms with Crippen LogP contribution in [-0.4, -0.2) is 59.2 Å². The fourth-order valence-electron chi connectivity index (χ4n) is 2.60. The third-order valence-electron chi connectivity index (χ3n) is 3.90. The van der Waals surface area contributed by atoms with Gasteiger partial charge in [0.2, 0.25) is 0 Å². The van der Waals surface area contributed by atoms with Crippen molar-refractivity contribution in [2.75, 3.05) is 25.2 Å². The Balaban J connectivity index is 1.93. The van der Waals surface area contributed by atoms with Gasteiger partial charge in [0.05, 0.1) is 26.2 Å². The summed E-state index contributed by atoms with van der Waals surface area (Å²) in [6, 6.07) is 7.22. The zero-order valence-electron chi connectivity index (χ0n) is 13.9. The molecule has 1 N–H and O–H groups in total. The predicted octanol–water partition coefficient (Wildman–Crippen LogP) is 2.02. The number of carboxylic acids is 1. The lowest BCUT2D eigenvalue weighted by Crippen LogP contribution is -2.50. The van der Waals surface area contributed by atoms with Crippen LogP contribution in [0.2, 0.25) is 0 Å². The molecule has 1 saturated heterocycles. The topological polar surface area (TPSA) is 76.1 Å². The highest BCUT2D eigenvalue weighted by Gasteiger charge is 2.31. The van der Waals surface area contributed by atoms with E-state index < -0.39 is 12.1 Å². The number of ether oxygens (including phenoxy) is 2. The number of rotatable bonds is 7. The van der Waals surface area contributed by atoms with Gasteiger partial charge in [-0.1, -0.05) is 12.1 Å². The molecule has 2 rings (SSSR count). The van der Waals surface area contributed by atoms with Gasteiger partial charge in [-0.15, -0.1) is 0 Å². The first-order chi connectivity index (χ1) is 11.5. The molecule has 24 heavy (non-hydrogen) atoms. The first-order valence-corrected chi connectivity index (χ1v) is 9.01. The van der Waals surface area contributed by atoms with E-state index in [1.807, 2.05) is 24.3 Å². The van der Waals surface area contributed by atoms with E-state index in [0.717, 1.165) is 17.1 Å². The van der Waals surface area contributed by atoms with Crippen molar-refractivity contribution in [3.8, 4) is 5.75 Å². The molecule has 0 aromatic heterocycles. The molecule has 1 aromatic carbocycles. The summed E-state index contributed by atoms with van der Waals surface area (Å²) in [5, 5.41) is 9.01. The molecule has 1 aliphatic rings. The number of thioether (sulfide) groups is 1. The van der Waals surface area contributed by atoms with Crippen LogP contribution in [0.5, 0.6) is 5.75 Å². The number of aliphatic carboxylic acids is 1. The maximum atomic E-state index is 12.6. The summed E-state index contributed by atoms with van der Waals surface area (Å²) in [4.78, 5) is 25.2. The largest absolute Gasteiger partial charge is 0.497 e. The van der Waals surface area contributed by atoms with Crippen molar-refractivity contribution >= 4 is 23.6 Å². The van der Waals surface area contributed by atoms with Crippen LogP contribution in [0.3, 0.4) is 0 Å². The molecule has 6 nitrogen and oxygen atoms in total. The molecule has 1 amide bonds. The predicted molar refractivity (Wildman–Crippen MR) is 92.3 cm³/mol. The number of carboxylic acid groups (broad SMARTS) is 1. The minimum absolute atomic E-state index is 0.0264. The molecule has 7 heteroatoms. The Kier molecular flexibility index (Phi) is 6.93. The first-order valence-electron chi connectivity index (χ1n) is 7.85. The van der Waals surface area contributed by atoms with E-state index in [2.05, 4.69) is 0 Å². The molecule has 1 fully saturated rings. The molecular formula is C17H23NO5S. The summed E-state index contributed by atoms with van der Waals surface area (Å²) >= 11 is 1.68. The average Bonchev–Trinajstić information content (AvgIpc) is 2.59. The fraction of sp³-hybridized carbons (Fsp3) is 0.529. The first kappa shape index (κ1) is 18.6. The maximum absolute atomic E-state index is 12.6. The normalized spacial score (nSPS) is 18.9. The van der Waals surface area contributed by atoms with Crippen LogP contribution >= 0.6 is 11.8 Å². The van der Waals surface area contributed by atoms with Crippen LogP contribution in [0.1, 0.15) is 18.9 Å². The summed E-state index contributed by atoms with van der Waals surface area (Å²) in [6.45, 7) is 2.58. The van der Waals surface area contributed by atoms with Gasteiger partial charge in [0.25, 0.3) is 5.91 Å². The molecule has 2 unspecified atom stereocenters. The number of carbonyl (C=O) groups is 2. The third kappa shape index (κ3) is 5.14. The highest BCUT2D eigenvalue weighted by molar-refractivity contribution is 7.99. The highest BCUT2D eigenvalue weighted by Crippen LogP contribution is 2.21. The van der Waals surface area contributed by atoms with Gasteiger partial charge in [-0.05, 0) is 24.6 Å². The van der Waals surface area contributed by atoms with E-state index in [1.165, 1.54) is 0 Å². The Morgan fingerprint density at radius 1 is 1.46 bits per heavy atom. The van der Waals surface area contributed by atoms with Gasteiger partial charge in [0.1, 0.15) is 11.9 Å². The van der Waals surface area contributed by atoms with E-state index in [9.17, 15) is 9.59 Å². The summed E-state index contributed by atoms with van der Waals surface area (Å²) < 4.78 is 10.9. The second-order valence-corrected chi connectivity index (χ2v) is 6.81. The summed E-state index contributed by atoms with van der Waals surface area (Å²) in [7, 11) is 1.60. The second kappa shape index (κ2) is 8.94. The van der Waals surface area contributed by atoms with Crippen molar-refractivity contribution in [1.82, 2.24) is 4.90 Å². The number of nitrogens with zero attached hydrogens (tertiary/aromatic N) is 1. The Bertz CT molecular complexity index is 580. The van der Waals surface area contributed by atoms with Crippen molar-refractivity contribution in [1.29, 1.82) is 0 Å². The standard InChI is InChI=1S/C17H23NO5S/c1-12(23-10-13-4-3-5-15(8-13)22-2)17(21)18-6-7-24-11-14(18)9-16(19)20/h3-5,8,12,14H,6-7,9-11H2,1-2H3,(H,19,20). The van der Waals surface area contributed by atoms with Crippen molar-refractivity contribution in [3.63, 3.8) is 0 Å².